The van der Waals surface area contributed by atoms with Gasteiger partial charge in [0, 0.05) is 18.9 Å². The summed E-state index contributed by atoms with van der Waals surface area (Å²) >= 11 is 5.92. The maximum atomic E-state index is 11.8. The highest BCUT2D eigenvalue weighted by Gasteiger charge is 2.09. The third-order valence-corrected chi connectivity index (χ3v) is 2.97. The van der Waals surface area contributed by atoms with Gasteiger partial charge in [-0.25, -0.2) is 9.59 Å². The van der Waals surface area contributed by atoms with Crippen molar-refractivity contribution in [2.75, 3.05) is 5.32 Å². The van der Waals surface area contributed by atoms with Crippen molar-refractivity contribution in [3.63, 3.8) is 0 Å². The van der Waals surface area contributed by atoms with Gasteiger partial charge in [0.05, 0.1) is 16.3 Å². The van der Waals surface area contributed by atoms with E-state index in [1.54, 1.807) is 18.5 Å². The van der Waals surface area contributed by atoms with Gasteiger partial charge >= 0.3 is 12.0 Å². The van der Waals surface area contributed by atoms with E-state index in [2.05, 4.69) is 15.6 Å². The number of rotatable bonds is 4. The van der Waals surface area contributed by atoms with Crippen molar-refractivity contribution >= 4 is 29.3 Å². The summed E-state index contributed by atoms with van der Waals surface area (Å²) in [5.41, 5.74) is 1.13. The molecule has 0 aliphatic heterocycles. The Labute approximate surface area is 125 Å². The Hall–Kier alpha value is -2.60. The number of benzene rings is 1. The third-order valence-electron chi connectivity index (χ3n) is 2.64. The van der Waals surface area contributed by atoms with Crippen LogP contribution in [0, 0.1) is 0 Å². The molecule has 3 N–H and O–H groups in total. The number of hydrogen-bond donors (Lipinski definition) is 3. The standard InChI is InChI=1S/C14H12ClN3O3/c15-11-4-3-10(13(19)20)6-12(11)18-14(21)17-8-9-2-1-5-16-7-9/h1-7H,8H2,(H,19,20)(H2,17,18,21). The normalized spacial score (nSPS) is 9.95. The molecule has 2 aromatic rings. The first-order valence-electron chi connectivity index (χ1n) is 6.03. The number of nitrogens with zero attached hydrogens (tertiary/aromatic N) is 1. The zero-order chi connectivity index (χ0) is 15.2. The minimum atomic E-state index is -1.09. The summed E-state index contributed by atoms with van der Waals surface area (Å²) in [6, 6.07) is 7.19. The summed E-state index contributed by atoms with van der Waals surface area (Å²) < 4.78 is 0. The van der Waals surface area contributed by atoms with Crippen molar-refractivity contribution in [3.8, 4) is 0 Å². The number of carboxylic acids is 1. The van der Waals surface area contributed by atoms with Crippen LogP contribution < -0.4 is 10.6 Å². The molecule has 1 aromatic heterocycles. The number of nitrogens with one attached hydrogen (secondary N) is 2. The molecule has 0 radical (unpaired) electrons. The Morgan fingerprint density at radius 2 is 2.10 bits per heavy atom. The van der Waals surface area contributed by atoms with Gasteiger partial charge in [-0.15, -0.1) is 0 Å². The van der Waals surface area contributed by atoms with E-state index < -0.39 is 12.0 Å². The van der Waals surface area contributed by atoms with Crippen molar-refractivity contribution < 1.29 is 14.7 Å². The molecule has 0 fully saturated rings. The van der Waals surface area contributed by atoms with Gasteiger partial charge in [0.15, 0.2) is 0 Å². The van der Waals surface area contributed by atoms with Crippen molar-refractivity contribution in [1.82, 2.24) is 10.3 Å². The van der Waals surface area contributed by atoms with Crippen molar-refractivity contribution in [2.45, 2.75) is 6.54 Å². The highest BCUT2D eigenvalue weighted by atomic mass is 35.5. The van der Waals surface area contributed by atoms with Gasteiger partial charge in [-0.3, -0.25) is 4.98 Å². The predicted molar refractivity (Wildman–Crippen MR) is 78.5 cm³/mol. The van der Waals surface area contributed by atoms with Crippen LogP contribution in [0.3, 0.4) is 0 Å². The fraction of sp³-hybridized carbons (Fsp3) is 0.0714. The second-order valence-corrected chi connectivity index (χ2v) is 4.58. The number of carbonyl (C=O) groups excluding carboxylic acids is 1. The number of aromatic nitrogens is 1. The molecule has 0 aliphatic carbocycles. The van der Waals surface area contributed by atoms with E-state index in [0.29, 0.717) is 6.54 Å². The van der Waals surface area contributed by atoms with Gasteiger partial charge in [0.1, 0.15) is 0 Å². The molecule has 0 atom stereocenters. The molecule has 108 valence electrons. The lowest BCUT2D eigenvalue weighted by atomic mass is 10.2. The summed E-state index contributed by atoms with van der Waals surface area (Å²) in [5.74, 6) is -1.09. The number of urea groups is 1. The van der Waals surface area contributed by atoms with Crippen molar-refractivity contribution in [3.05, 3.63) is 58.9 Å². The number of amides is 2. The Morgan fingerprint density at radius 3 is 2.76 bits per heavy atom. The molecule has 7 heteroatoms. The third kappa shape index (κ3) is 4.19. The molecule has 1 aromatic carbocycles. The predicted octanol–water partition coefficient (Wildman–Crippen LogP) is 2.75. The SMILES string of the molecule is O=C(NCc1cccnc1)Nc1cc(C(=O)O)ccc1Cl. The lowest BCUT2D eigenvalue weighted by Gasteiger charge is -2.09. The molecule has 0 aliphatic rings. The molecule has 0 spiro atoms. The first-order valence-corrected chi connectivity index (χ1v) is 6.40. The average Bonchev–Trinajstić information content (AvgIpc) is 2.48. The molecule has 0 bridgehead atoms. The van der Waals surface area contributed by atoms with Crippen LogP contribution in [-0.4, -0.2) is 22.1 Å². The van der Waals surface area contributed by atoms with E-state index in [1.165, 1.54) is 18.2 Å². The fourth-order valence-electron chi connectivity index (χ4n) is 1.61. The number of carboxylic acid groups (broad SMARTS) is 1. The number of pyridine rings is 1. The van der Waals surface area contributed by atoms with Crippen LogP contribution in [-0.2, 0) is 6.54 Å². The molecule has 2 amide bonds. The number of aromatic carboxylic acids is 1. The number of anilines is 1. The maximum absolute atomic E-state index is 11.8. The smallest absolute Gasteiger partial charge is 0.335 e. The van der Waals surface area contributed by atoms with Crippen LogP contribution in [0.15, 0.2) is 42.7 Å². The van der Waals surface area contributed by atoms with Crippen LogP contribution in [0.25, 0.3) is 0 Å². The maximum Gasteiger partial charge on any atom is 0.335 e. The van der Waals surface area contributed by atoms with Gasteiger partial charge in [-0.2, -0.15) is 0 Å². The lowest BCUT2D eigenvalue weighted by Crippen LogP contribution is -2.28. The lowest BCUT2D eigenvalue weighted by molar-refractivity contribution is 0.0697. The van der Waals surface area contributed by atoms with Gasteiger partial charge in [0.25, 0.3) is 0 Å². The highest BCUT2D eigenvalue weighted by molar-refractivity contribution is 6.33. The Balaban J connectivity index is 1.99. The average molecular weight is 306 g/mol. The Kier molecular flexibility index (Phi) is 4.73. The number of halogens is 1. The van der Waals surface area contributed by atoms with Crippen molar-refractivity contribution in [1.29, 1.82) is 0 Å². The number of hydrogen-bond acceptors (Lipinski definition) is 3. The molecule has 6 nitrogen and oxygen atoms in total. The second kappa shape index (κ2) is 6.71. The summed E-state index contributed by atoms with van der Waals surface area (Å²) in [5, 5.41) is 14.3. The fourth-order valence-corrected chi connectivity index (χ4v) is 1.77. The van der Waals surface area contributed by atoms with Crippen LogP contribution in [0.5, 0.6) is 0 Å². The second-order valence-electron chi connectivity index (χ2n) is 4.17. The van der Waals surface area contributed by atoms with E-state index in [1.807, 2.05) is 6.07 Å². The van der Waals surface area contributed by atoms with Gasteiger partial charge < -0.3 is 15.7 Å². The Bertz CT molecular complexity index is 662. The zero-order valence-electron chi connectivity index (χ0n) is 10.8. The first-order chi connectivity index (χ1) is 10.1. The monoisotopic (exact) mass is 305 g/mol. The van der Waals surface area contributed by atoms with Crippen LogP contribution in [0.2, 0.25) is 5.02 Å². The topological polar surface area (TPSA) is 91.3 Å². The highest BCUT2D eigenvalue weighted by Crippen LogP contribution is 2.23. The van der Waals surface area contributed by atoms with Gasteiger partial charge in [0.2, 0.25) is 0 Å². The van der Waals surface area contributed by atoms with E-state index in [-0.39, 0.29) is 16.3 Å². The van der Waals surface area contributed by atoms with Crippen LogP contribution >= 0.6 is 11.6 Å². The largest absolute Gasteiger partial charge is 0.478 e. The molecule has 0 unspecified atom stereocenters. The summed E-state index contributed by atoms with van der Waals surface area (Å²) in [4.78, 5) is 26.6. The minimum absolute atomic E-state index is 0.0435. The summed E-state index contributed by atoms with van der Waals surface area (Å²) in [6.07, 6.45) is 3.28. The summed E-state index contributed by atoms with van der Waals surface area (Å²) in [7, 11) is 0. The minimum Gasteiger partial charge on any atom is -0.478 e. The van der Waals surface area contributed by atoms with E-state index >= 15 is 0 Å². The van der Waals surface area contributed by atoms with Crippen molar-refractivity contribution in [2.24, 2.45) is 0 Å². The molecule has 2 rings (SSSR count). The van der Waals surface area contributed by atoms with E-state index in [4.69, 9.17) is 16.7 Å². The van der Waals surface area contributed by atoms with Crippen LogP contribution in [0.1, 0.15) is 15.9 Å². The molecule has 21 heavy (non-hydrogen) atoms. The Morgan fingerprint density at radius 1 is 1.29 bits per heavy atom. The summed E-state index contributed by atoms with van der Waals surface area (Å²) in [6.45, 7) is 0.302. The van der Waals surface area contributed by atoms with Gasteiger partial charge in [-0.05, 0) is 29.8 Å². The van der Waals surface area contributed by atoms with Crippen LogP contribution in [0.4, 0.5) is 10.5 Å². The van der Waals surface area contributed by atoms with E-state index in [9.17, 15) is 9.59 Å². The molecule has 0 saturated heterocycles. The van der Waals surface area contributed by atoms with Gasteiger partial charge in [-0.1, -0.05) is 17.7 Å². The molecule has 1 heterocycles. The molecular formula is C14H12ClN3O3. The molecule has 0 saturated carbocycles. The first kappa shape index (κ1) is 14.8. The number of carbonyl (C=O) groups is 2. The zero-order valence-corrected chi connectivity index (χ0v) is 11.6. The van der Waals surface area contributed by atoms with E-state index in [0.717, 1.165) is 5.56 Å². The quantitative estimate of drug-likeness (QED) is 0.810. The molecular weight excluding hydrogens is 294 g/mol.